The van der Waals surface area contributed by atoms with Gasteiger partial charge in [-0.15, -0.1) is 0 Å². The third-order valence-corrected chi connectivity index (χ3v) is 4.98. The summed E-state index contributed by atoms with van der Waals surface area (Å²) in [5, 5.41) is 27.9. The number of nitrogens with two attached hydrogens (primary N) is 1. The smallest absolute Gasteiger partial charge is 0.238 e. The maximum atomic E-state index is 11.6. The second-order valence-corrected chi connectivity index (χ2v) is 7.50. The minimum Gasteiger partial charge on any atom is -0.508 e. The second-order valence-electron chi connectivity index (χ2n) is 5.97. The Balaban J connectivity index is 1.86. The topological polar surface area (TPSA) is 131 Å². The van der Waals surface area contributed by atoms with Gasteiger partial charge in [-0.3, -0.25) is 0 Å². The van der Waals surface area contributed by atoms with E-state index in [1.54, 1.807) is 25.1 Å². The lowest BCUT2D eigenvalue weighted by Crippen LogP contribution is -2.26. The van der Waals surface area contributed by atoms with Crippen molar-refractivity contribution in [2.45, 2.75) is 17.9 Å². The molecule has 8 nitrogen and oxygen atoms in total. The molecule has 9 heteroatoms. The SMILES string of the molecule is COc1cc(O)ccc1OCCNCC(O)c1ccc(C)c(S(N)(=O)=O)c1. The van der Waals surface area contributed by atoms with Gasteiger partial charge in [-0.2, -0.15) is 0 Å². The van der Waals surface area contributed by atoms with Crippen molar-refractivity contribution < 1.29 is 28.1 Å². The van der Waals surface area contributed by atoms with E-state index in [1.165, 1.54) is 25.3 Å². The van der Waals surface area contributed by atoms with Gasteiger partial charge in [0.05, 0.1) is 18.1 Å². The molecule has 1 atom stereocenters. The number of hydrogen-bond acceptors (Lipinski definition) is 7. The molecule has 0 saturated carbocycles. The van der Waals surface area contributed by atoms with Gasteiger partial charge < -0.3 is 25.0 Å². The number of nitrogens with one attached hydrogen (secondary N) is 1. The Hall–Kier alpha value is -2.33. The first-order valence-electron chi connectivity index (χ1n) is 8.24. The van der Waals surface area contributed by atoms with Gasteiger partial charge in [0.1, 0.15) is 12.4 Å². The first-order valence-corrected chi connectivity index (χ1v) is 9.79. The van der Waals surface area contributed by atoms with E-state index in [0.29, 0.717) is 35.8 Å². The average molecular weight is 396 g/mol. The summed E-state index contributed by atoms with van der Waals surface area (Å²) >= 11 is 0. The lowest BCUT2D eigenvalue weighted by atomic mass is 10.1. The summed E-state index contributed by atoms with van der Waals surface area (Å²) in [6, 6.07) is 9.20. The number of aryl methyl sites for hydroxylation is 1. The molecular weight excluding hydrogens is 372 g/mol. The number of hydrogen-bond donors (Lipinski definition) is 4. The Morgan fingerprint density at radius 3 is 2.59 bits per heavy atom. The molecule has 0 aliphatic carbocycles. The van der Waals surface area contributed by atoms with Gasteiger partial charge in [0.2, 0.25) is 10.0 Å². The molecule has 0 fully saturated rings. The molecule has 5 N–H and O–H groups in total. The highest BCUT2D eigenvalue weighted by atomic mass is 32.2. The number of aromatic hydroxyl groups is 1. The first-order chi connectivity index (χ1) is 12.7. The molecule has 0 saturated heterocycles. The zero-order valence-electron chi connectivity index (χ0n) is 15.2. The van der Waals surface area contributed by atoms with E-state index in [0.717, 1.165) is 0 Å². The number of primary sulfonamides is 1. The Morgan fingerprint density at radius 1 is 1.19 bits per heavy atom. The number of phenols is 1. The van der Waals surface area contributed by atoms with Crippen molar-refractivity contribution in [3.8, 4) is 17.2 Å². The molecular formula is C18H24N2O6S. The number of benzene rings is 2. The third-order valence-electron chi connectivity index (χ3n) is 3.92. The van der Waals surface area contributed by atoms with E-state index in [2.05, 4.69) is 5.32 Å². The molecule has 2 aromatic carbocycles. The van der Waals surface area contributed by atoms with Crippen molar-refractivity contribution in [2.75, 3.05) is 26.8 Å². The van der Waals surface area contributed by atoms with E-state index < -0.39 is 16.1 Å². The van der Waals surface area contributed by atoms with Gasteiger partial charge >= 0.3 is 0 Å². The van der Waals surface area contributed by atoms with Crippen molar-refractivity contribution in [2.24, 2.45) is 5.14 Å². The van der Waals surface area contributed by atoms with Crippen LogP contribution >= 0.6 is 0 Å². The summed E-state index contributed by atoms with van der Waals surface area (Å²) in [7, 11) is -2.36. The largest absolute Gasteiger partial charge is 0.508 e. The fourth-order valence-corrected chi connectivity index (χ4v) is 3.31. The van der Waals surface area contributed by atoms with Crippen LogP contribution in [0, 0.1) is 6.92 Å². The van der Waals surface area contributed by atoms with Gasteiger partial charge in [-0.25, -0.2) is 13.6 Å². The van der Waals surface area contributed by atoms with Crippen molar-refractivity contribution in [3.05, 3.63) is 47.5 Å². The maximum absolute atomic E-state index is 11.6. The van der Waals surface area contributed by atoms with E-state index in [1.807, 2.05) is 0 Å². The van der Waals surface area contributed by atoms with Crippen LogP contribution < -0.4 is 19.9 Å². The molecule has 0 aliphatic rings. The quantitative estimate of drug-likeness (QED) is 0.466. The van der Waals surface area contributed by atoms with E-state index in [-0.39, 0.29) is 17.2 Å². The summed E-state index contributed by atoms with van der Waals surface area (Å²) in [5.41, 5.74) is 0.982. The molecule has 0 aliphatic heterocycles. The maximum Gasteiger partial charge on any atom is 0.238 e. The number of phenolic OH excluding ortho intramolecular Hbond substituents is 1. The average Bonchev–Trinajstić information content (AvgIpc) is 2.61. The third kappa shape index (κ3) is 5.83. The van der Waals surface area contributed by atoms with Crippen LogP contribution in [0.2, 0.25) is 0 Å². The predicted octanol–water partition coefficient (Wildman–Crippen LogP) is 1.06. The van der Waals surface area contributed by atoms with Crippen LogP contribution in [0.5, 0.6) is 17.2 Å². The normalized spacial score (nSPS) is 12.6. The van der Waals surface area contributed by atoms with Gasteiger partial charge in [-0.1, -0.05) is 12.1 Å². The molecule has 0 spiro atoms. The lowest BCUT2D eigenvalue weighted by molar-refractivity contribution is 0.171. The Morgan fingerprint density at radius 2 is 1.93 bits per heavy atom. The van der Waals surface area contributed by atoms with Gasteiger partial charge in [0.15, 0.2) is 11.5 Å². The summed E-state index contributed by atoms with van der Waals surface area (Å²) in [5.74, 6) is 0.997. The van der Waals surface area contributed by atoms with Crippen LogP contribution in [0.25, 0.3) is 0 Å². The van der Waals surface area contributed by atoms with Gasteiger partial charge in [0, 0.05) is 19.2 Å². The number of ether oxygens (including phenoxy) is 2. The summed E-state index contributed by atoms with van der Waals surface area (Å²) in [6.07, 6.45) is -0.894. The zero-order valence-corrected chi connectivity index (χ0v) is 16.0. The molecule has 148 valence electrons. The summed E-state index contributed by atoms with van der Waals surface area (Å²) < 4.78 is 33.8. The zero-order chi connectivity index (χ0) is 20.0. The Bertz CT molecular complexity index is 885. The monoisotopic (exact) mass is 396 g/mol. The van der Waals surface area contributed by atoms with Crippen molar-refractivity contribution >= 4 is 10.0 Å². The van der Waals surface area contributed by atoms with Crippen LogP contribution in [0.3, 0.4) is 0 Å². The molecule has 2 rings (SSSR count). The number of aliphatic hydroxyl groups is 1. The number of methoxy groups -OCH3 is 1. The van der Waals surface area contributed by atoms with Gasteiger partial charge in [-0.05, 0) is 36.2 Å². The molecule has 1 unspecified atom stereocenters. The van der Waals surface area contributed by atoms with Crippen LogP contribution in [0.15, 0.2) is 41.3 Å². The van der Waals surface area contributed by atoms with Crippen LogP contribution in [-0.4, -0.2) is 45.4 Å². The Kier molecular flexibility index (Phi) is 7.03. The fraction of sp³-hybridized carbons (Fsp3) is 0.333. The van der Waals surface area contributed by atoms with Crippen LogP contribution in [0.1, 0.15) is 17.2 Å². The van der Waals surface area contributed by atoms with Gasteiger partial charge in [0.25, 0.3) is 0 Å². The van der Waals surface area contributed by atoms with Crippen LogP contribution in [0.4, 0.5) is 0 Å². The minimum absolute atomic E-state index is 0.00167. The molecule has 0 aromatic heterocycles. The molecule has 2 aromatic rings. The van der Waals surface area contributed by atoms with E-state index >= 15 is 0 Å². The van der Waals surface area contributed by atoms with Crippen molar-refractivity contribution in [1.82, 2.24) is 5.32 Å². The van der Waals surface area contributed by atoms with E-state index in [4.69, 9.17) is 14.6 Å². The summed E-state index contributed by atoms with van der Waals surface area (Å²) in [6.45, 7) is 2.60. The molecule has 0 bridgehead atoms. The standard InChI is InChI=1S/C18H24N2O6S/c1-12-3-4-13(9-18(12)27(19,23)24)15(22)11-20-7-8-26-16-6-5-14(21)10-17(16)25-2/h3-6,9-10,15,20-22H,7-8,11H2,1-2H3,(H2,19,23,24). The number of rotatable bonds is 9. The van der Waals surface area contributed by atoms with Crippen molar-refractivity contribution in [1.29, 1.82) is 0 Å². The highest BCUT2D eigenvalue weighted by Crippen LogP contribution is 2.30. The molecule has 0 heterocycles. The van der Waals surface area contributed by atoms with E-state index in [9.17, 15) is 18.6 Å². The number of aliphatic hydroxyl groups excluding tert-OH is 1. The first kappa shape index (κ1) is 21.0. The number of sulfonamides is 1. The van der Waals surface area contributed by atoms with Crippen molar-refractivity contribution in [3.63, 3.8) is 0 Å². The highest BCUT2D eigenvalue weighted by Gasteiger charge is 2.15. The second kappa shape index (κ2) is 9.05. The molecule has 0 amide bonds. The lowest BCUT2D eigenvalue weighted by Gasteiger charge is -2.15. The predicted molar refractivity (Wildman–Crippen MR) is 101 cm³/mol. The molecule has 27 heavy (non-hydrogen) atoms. The molecule has 0 radical (unpaired) electrons. The highest BCUT2D eigenvalue weighted by molar-refractivity contribution is 7.89. The minimum atomic E-state index is -3.84. The fourth-order valence-electron chi connectivity index (χ4n) is 2.50. The van der Waals surface area contributed by atoms with Crippen LogP contribution in [-0.2, 0) is 10.0 Å². The Labute approximate surface area is 158 Å². The summed E-state index contributed by atoms with van der Waals surface area (Å²) in [4.78, 5) is 0.00167.